The molecule has 2 aromatic heterocycles. The van der Waals surface area contributed by atoms with Gasteiger partial charge in [-0.1, -0.05) is 30.3 Å². The van der Waals surface area contributed by atoms with E-state index in [0.717, 1.165) is 36.6 Å². The van der Waals surface area contributed by atoms with Crippen molar-refractivity contribution < 1.29 is 9.21 Å². The molecule has 1 aliphatic heterocycles. The second-order valence-electron chi connectivity index (χ2n) is 6.25. The van der Waals surface area contributed by atoms with E-state index < -0.39 is 0 Å². The summed E-state index contributed by atoms with van der Waals surface area (Å²) in [5.74, 6) is 1.18. The highest BCUT2D eigenvalue weighted by molar-refractivity contribution is 5.91. The van der Waals surface area contributed by atoms with Gasteiger partial charge in [0, 0.05) is 31.7 Å². The lowest BCUT2D eigenvalue weighted by molar-refractivity contribution is 0.0735. The normalized spacial score (nSPS) is 14.9. The number of benzene rings is 1. The third-order valence-electron chi connectivity index (χ3n) is 4.56. The Hall–Kier alpha value is -3.15. The molecule has 132 valence electrons. The molecule has 1 aliphatic rings. The summed E-state index contributed by atoms with van der Waals surface area (Å²) in [5.41, 5.74) is 1.91. The zero-order valence-corrected chi connectivity index (χ0v) is 14.4. The minimum atomic E-state index is -0.0534. The third-order valence-corrected chi connectivity index (χ3v) is 4.56. The van der Waals surface area contributed by atoms with Crippen LogP contribution in [-0.2, 0) is 0 Å². The molecule has 0 bridgehead atoms. The highest BCUT2D eigenvalue weighted by Crippen LogP contribution is 2.19. The van der Waals surface area contributed by atoms with Crippen LogP contribution in [0.3, 0.4) is 0 Å². The molecule has 0 unspecified atom stereocenters. The number of nitrogens with zero attached hydrogens (tertiary/aromatic N) is 4. The summed E-state index contributed by atoms with van der Waals surface area (Å²) in [6, 6.07) is 17.4. The molecule has 0 N–H and O–H groups in total. The Balaban J connectivity index is 1.43. The fraction of sp³-hybridized carbons (Fsp3) is 0.250. The van der Waals surface area contributed by atoms with E-state index in [1.807, 2.05) is 47.4 Å². The SMILES string of the molecule is O=C(c1ccco1)N1CCCN(c2ccc(-c3ccccc3)nn2)CC1. The highest BCUT2D eigenvalue weighted by atomic mass is 16.3. The predicted octanol–water partition coefficient (Wildman–Crippen LogP) is 3.09. The molecular weight excluding hydrogens is 328 g/mol. The monoisotopic (exact) mass is 348 g/mol. The number of amides is 1. The Bertz CT molecular complexity index is 847. The zero-order chi connectivity index (χ0) is 17.8. The first-order valence-corrected chi connectivity index (χ1v) is 8.78. The van der Waals surface area contributed by atoms with E-state index in [0.29, 0.717) is 18.8 Å². The Labute approximate surface area is 152 Å². The van der Waals surface area contributed by atoms with Crippen LogP contribution in [0.25, 0.3) is 11.3 Å². The molecule has 26 heavy (non-hydrogen) atoms. The fourth-order valence-electron chi connectivity index (χ4n) is 3.16. The van der Waals surface area contributed by atoms with Crippen LogP contribution in [0.5, 0.6) is 0 Å². The largest absolute Gasteiger partial charge is 0.459 e. The van der Waals surface area contributed by atoms with E-state index in [1.54, 1.807) is 12.1 Å². The summed E-state index contributed by atoms with van der Waals surface area (Å²) in [6.45, 7) is 2.93. The Morgan fingerprint density at radius 3 is 2.50 bits per heavy atom. The van der Waals surface area contributed by atoms with Gasteiger partial charge in [0.2, 0.25) is 0 Å². The van der Waals surface area contributed by atoms with Crippen molar-refractivity contribution in [2.45, 2.75) is 6.42 Å². The Morgan fingerprint density at radius 2 is 1.77 bits per heavy atom. The van der Waals surface area contributed by atoms with E-state index >= 15 is 0 Å². The molecule has 6 nitrogen and oxygen atoms in total. The van der Waals surface area contributed by atoms with E-state index in [1.165, 1.54) is 6.26 Å². The first-order chi connectivity index (χ1) is 12.8. The van der Waals surface area contributed by atoms with Gasteiger partial charge in [0.1, 0.15) is 0 Å². The summed E-state index contributed by atoms with van der Waals surface area (Å²) >= 11 is 0. The molecule has 0 radical (unpaired) electrons. The van der Waals surface area contributed by atoms with Gasteiger partial charge in [-0.05, 0) is 30.7 Å². The van der Waals surface area contributed by atoms with Crippen molar-refractivity contribution in [2.75, 3.05) is 31.1 Å². The van der Waals surface area contributed by atoms with Crippen molar-refractivity contribution in [3.05, 3.63) is 66.6 Å². The van der Waals surface area contributed by atoms with Gasteiger partial charge in [-0.15, -0.1) is 10.2 Å². The second kappa shape index (κ2) is 7.39. The number of aromatic nitrogens is 2. The molecular formula is C20H20N4O2. The number of carbonyl (C=O) groups excluding carboxylic acids is 1. The van der Waals surface area contributed by atoms with Crippen LogP contribution in [0.15, 0.2) is 65.3 Å². The van der Waals surface area contributed by atoms with Crippen LogP contribution in [0, 0.1) is 0 Å². The molecule has 0 aliphatic carbocycles. The van der Waals surface area contributed by atoms with Gasteiger partial charge in [-0.3, -0.25) is 4.79 Å². The summed E-state index contributed by atoms with van der Waals surface area (Å²) in [7, 11) is 0. The molecule has 0 saturated carbocycles. The fourth-order valence-corrected chi connectivity index (χ4v) is 3.16. The van der Waals surface area contributed by atoms with E-state index in [2.05, 4.69) is 15.1 Å². The maximum Gasteiger partial charge on any atom is 0.289 e. The third kappa shape index (κ3) is 3.44. The molecule has 4 rings (SSSR count). The average molecular weight is 348 g/mol. The predicted molar refractivity (Wildman–Crippen MR) is 98.9 cm³/mol. The summed E-state index contributed by atoms with van der Waals surface area (Å²) in [6.07, 6.45) is 2.41. The number of furan rings is 1. The lowest BCUT2D eigenvalue weighted by Gasteiger charge is -2.22. The van der Waals surface area contributed by atoms with Crippen LogP contribution in [-0.4, -0.2) is 47.2 Å². The molecule has 0 spiro atoms. The molecule has 6 heteroatoms. The van der Waals surface area contributed by atoms with Gasteiger partial charge < -0.3 is 14.2 Å². The molecule has 3 heterocycles. The quantitative estimate of drug-likeness (QED) is 0.728. The number of hydrogen-bond acceptors (Lipinski definition) is 5. The maximum atomic E-state index is 12.4. The van der Waals surface area contributed by atoms with E-state index in [9.17, 15) is 4.79 Å². The van der Waals surface area contributed by atoms with Crippen molar-refractivity contribution >= 4 is 11.7 Å². The van der Waals surface area contributed by atoms with Gasteiger partial charge in [0.15, 0.2) is 11.6 Å². The van der Waals surface area contributed by atoms with Crippen LogP contribution >= 0.6 is 0 Å². The standard InChI is InChI=1S/C20H20N4O2/c25-20(18-8-4-15-26-18)24-12-5-11-23(13-14-24)19-10-9-17(21-22-19)16-6-2-1-3-7-16/h1-4,6-10,15H,5,11-14H2. The highest BCUT2D eigenvalue weighted by Gasteiger charge is 2.22. The van der Waals surface area contributed by atoms with Crippen LogP contribution < -0.4 is 4.90 Å². The van der Waals surface area contributed by atoms with Gasteiger partial charge >= 0.3 is 0 Å². The topological polar surface area (TPSA) is 62.5 Å². The second-order valence-corrected chi connectivity index (χ2v) is 6.25. The maximum absolute atomic E-state index is 12.4. The summed E-state index contributed by atoms with van der Waals surface area (Å²) in [5, 5.41) is 8.76. The molecule has 0 atom stereocenters. The summed E-state index contributed by atoms with van der Waals surface area (Å²) < 4.78 is 5.23. The molecule has 1 fully saturated rings. The van der Waals surface area contributed by atoms with E-state index in [4.69, 9.17) is 4.42 Å². The first kappa shape index (κ1) is 16.3. The van der Waals surface area contributed by atoms with Crippen LogP contribution in [0.4, 0.5) is 5.82 Å². The number of hydrogen-bond donors (Lipinski definition) is 0. The lowest BCUT2D eigenvalue weighted by Crippen LogP contribution is -2.35. The minimum absolute atomic E-state index is 0.0534. The molecule has 1 amide bonds. The van der Waals surface area contributed by atoms with E-state index in [-0.39, 0.29) is 5.91 Å². The number of carbonyl (C=O) groups is 1. The smallest absolute Gasteiger partial charge is 0.289 e. The van der Waals surface area contributed by atoms with Crippen molar-refractivity contribution in [1.82, 2.24) is 15.1 Å². The van der Waals surface area contributed by atoms with Gasteiger partial charge in [-0.2, -0.15) is 0 Å². The number of anilines is 1. The lowest BCUT2D eigenvalue weighted by atomic mass is 10.1. The zero-order valence-electron chi connectivity index (χ0n) is 14.4. The molecule has 1 saturated heterocycles. The van der Waals surface area contributed by atoms with Gasteiger partial charge in [-0.25, -0.2) is 0 Å². The first-order valence-electron chi connectivity index (χ1n) is 8.78. The minimum Gasteiger partial charge on any atom is -0.459 e. The number of rotatable bonds is 3. The molecule has 3 aromatic rings. The Kier molecular flexibility index (Phi) is 4.64. The van der Waals surface area contributed by atoms with Crippen molar-refractivity contribution in [3.8, 4) is 11.3 Å². The Morgan fingerprint density at radius 1 is 0.885 bits per heavy atom. The summed E-state index contributed by atoms with van der Waals surface area (Å²) in [4.78, 5) is 16.5. The van der Waals surface area contributed by atoms with Crippen molar-refractivity contribution in [2.24, 2.45) is 0 Å². The van der Waals surface area contributed by atoms with Crippen molar-refractivity contribution in [3.63, 3.8) is 0 Å². The molecule has 1 aromatic carbocycles. The average Bonchev–Trinajstić information content (AvgIpc) is 3.13. The van der Waals surface area contributed by atoms with Gasteiger partial charge in [0.05, 0.1) is 12.0 Å². The van der Waals surface area contributed by atoms with Gasteiger partial charge in [0.25, 0.3) is 5.91 Å². The van der Waals surface area contributed by atoms with Crippen LogP contribution in [0.2, 0.25) is 0 Å². The van der Waals surface area contributed by atoms with Crippen LogP contribution in [0.1, 0.15) is 17.0 Å². The van der Waals surface area contributed by atoms with Crippen molar-refractivity contribution in [1.29, 1.82) is 0 Å².